The smallest absolute Gasteiger partial charge is 0.253 e. The van der Waals surface area contributed by atoms with E-state index in [9.17, 15) is 14.4 Å². The number of nitrogens with zero attached hydrogens (tertiary/aromatic N) is 4. The molecule has 1 atom stereocenters. The molecule has 0 aliphatic carbocycles. The third kappa shape index (κ3) is 7.14. The topological polar surface area (TPSA) is 73.8 Å². The molecule has 8 heteroatoms. The fraction of sp³-hybridized carbons (Fsp3) is 0.500. The molecule has 1 aliphatic heterocycles. The first-order valence-electron chi connectivity index (χ1n) is 13.0. The molecule has 7 nitrogen and oxygen atoms in total. The maximum absolute atomic E-state index is 13.6. The zero-order chi connectivity index (χ0) is 26.1. The molecule has 2 heterocycles. The number of carbonyl (C=O) groups is 3. The molecular formula is C28H37ClN4O3. The lowest BCUT2D eigenvalue weighted by atomic mass is 10.1. The van der Waals surface area contributed by atoms with Gasteiger partial charge in [0.25, 0.3) is 11.8 Å². The Hall–Kier alpha value is -2.77. The predicted octanol–water partition coefficient (Wildman–Crippen LogP) is 5.22. The standard InChI is InChI=1S/C28H37ClN4O3/c1-4-31(5-2)18-9-10-21(3)33(25-16-17-30-24-20-22(29)12-13-23(24)25)28(36)11-7-6-8-19-32-26(34)14-15-27(32)35/h12-17,20-21H,4-11,18-19H2,1-3H3. The lowest BCUT2D eigenvalue weighted by Crippen LogP contribution is -2.39. The lowest BCUT2D eigenvalue weighted by Gasteiger charge is -2.31. The fourth-order valence-electron chi connectivity index (χ4n) is 4.71. The van der Waals surface area contributed by atoms with Gasteiger partial charge in [-0.1, -0.05) is 31.9 Å². The number of benzene rings is 1. The number of amides is 3. The molecule has 36 heavy (non-hydrogen) atoms. The number of pyridine rings is 1. The van der Waals surface area contributed by atoms with E-state index in [0.29, 0.717) is 30.8 Å². The molecule has 0 bridgehead atoms. The van der Waals surface area contributed by atoms with Gasteiger partial charge in [0.1, 0.15) is 0 Å². The molecule has 0 N–H and O–H groups in total. The second-order valence-corrected chi connectivity index (χ2v) is 9.68. The highest BCUT2D eigenvalue weighted by Crippen LogP contribution is 2.30. The largest absolute Gasteiger partial charge is 0.309 e. The number of carbonyl (C=O) groups excluding carboxylic acids is 3. The van der Waals surface area contributed by atoms with E-state index in [1.165, 1.54) is 17.1 Å². The summed E-state index contributed by atoms with van der Waals surface area (Å²) in [5, 5.41) is 1.52. The van der Waals surface area contributed by atoms with Gasteiger partial charge in [-0.2, -0.15) is 0 Å². The Balaban J connectivity index is 1.67. The van der Waals surface area contributed by atoms with Crippen LogP contribution in [0.15, 0.2) is 42.6 Å². The Morgan fingerprint density at radius 1 is 1.03 bits per heavy atom. The van der Waals surface area contributed by atoms with Crippen LogP contribution in [0.25, 0.3) is 10.9 Å². The normalized spacial score (nSPS) is 14.3. The van der Waals surface area contributed by atoms with Crippen molar-refractivity contribution in [1.29, 1.82) is 0 Å². The molecular weight excluding hydrogens is 476 g/mol. The van der Waals surface area contributed by atoms with Gasteiger partial charge in [0.2, 0.25) is 5.91 Å². The van der Waals surface area contributed by atoms with Crippen molar-refractivity contribution in [2.24, 2.45) is 0 Å². The third-order valence-electron chi connectivity index (χ3n) is 6.81. The summed E-state index contributed by atoms with van der Waals surface area (Å²) in [6.07, 6.45) is 8.78. The Bertz CT molecular complexity index is 1080. The zero-order valence-electron chi connectivity index (χ0n) is 21.6. The quantitative estimate of drug-likeness (QED) is 0.256. The molecule has 1 unspecified atom stereocenters. The van der Waals surface area contributed by atoms with E-state index in [2.05, 4.69) is 30.7 Å². The average Bonchev–Trinajstić information content (AvgIpc) is 3.18. The molecule has 2 aromatic rings. The highest BCUT2D eigenvalue weighted by Gasteiger charge is 2.25. The van der Waals surface area contributed by atoms with Gasteiger partial charge in [0.05, 0.1) is 11.2 Å². The van der Waals surface area contributed by atoms with Crippen LogP contribution in [0.4, 0.5) is 5.69 Å². The summed E-state index contributed by atoms with van der Waals surface area (Å²) in [6, 6.07) is 7.52. The van der Waals surface area contributed by atoms with Crippen LogP contribution in [-0.2, 0) is 14.4 Å². The number of anilines is 1. The van der Waals surface area contributed by atoms with Crippen molar-refractivity contribution >= 4 is 45.9 Å². The zero-order valence-corrected chi connectivity index (χ0v) is 22.3. The minimum Gasteiger partial charge on any atom is -0.309 e. The molecule has 3 rings (SSSR count). The van der Waals surface area contributed by atoms with E-state index in [1.807, 2.05) is 29.2 Å². The first kappa shape index (κ1) is 27.8. The van der Waals surface area contributed by atoms with Gasteiger partial charge in [-0.25, -0.2) is 0 Å². The van der Waals surface area contributed by atoms with Crippen molar-refractivity contribution in [3.05, 3.63) is 47.6 Å². The Labute approximate surface area is 219 Å². The summed E-state index contributed by atoms with van der Waals surface area (Å²) in [5.41, 5.74) is 1.62. The Morgan fingerprint density at radius 2 is 1.75 bits per heavy atom. The average molecular weight is 513 g/mol. The number of fused-ring (bicyclic) bond motifs is 1. The Kier molecular flexibility index (Phi) is 10.4. The fourth-order valence-corrected chi connectivity index (χ4v) is 4.87. The number of halogens is 1. The molecule has 0 spiro atoms. The maximum atomic E-state index is 13.6. The van der Waals surface area contributed by atoms with Gasteiger partial charge < -0.3 is 9.80 Å². The number of hydrogen-bond donors (Lipinski definition) is 0. The van der Waals surface area contributed by atoms with E-state index >= 15 is 0 Å². The van der Waals surface area contributed by atoms with Crippen LogP contribution in [0.5, 0.6) is 0 Å². The first-order chi connectivity index (χ1) is 17.3. The third-order valence-corrected chi connectivity index (χ3v) is 7.05. The van der Waals surface area contributed by atoms with Crippen molar-refractivity contribution in [1.82, 2.24) is 14.8 Å². The Morgan fingerprint density at radius 3 is 2.44 bits per heavy atom. The van der Waals surface area contributed by atoms with Crippen LogP contribution in [0, 0.1) is 0 Å². The van der Waals surface area contributed by atoms with E-state index < -0.39 is 0 Å². The maximum Gasteiger partial charge on any atom is 0.253 e. The van der Waals surface area contributed by atoms with Crippen LogP contribution >= 0.6 is 11.6 Å². The molecule has 3 amide bonds. The van der Waals surface area contributed by atoms with E-state index in [4.69, 9.17) is 11.6 Å². The minimum absolute atomic E-state index is 0.0280. The number of hydrogen-bond acceptors (Lipinski definition) is 5. The van der Waals surface area contributed by atoms with Crippen molar-refractivity contribution in [2.45, 2.75) is 65.3 Å². The number of rotatable bonds is 14. The summed E-state index contributed by atoms with van der Waals surface area (Å²) in [4.78, 5) is 47.0. The first-order valence-corrected chi connectivity index (χ1v) is 13.4. The molecule has 0 fully saturated rings. The van der Waals surface area contributed by atoms with Gasteiger partial charge >= 0.3 is 0 Å². The predicted molar refractivity (Wildman–Crippen MR) is 145 cm³/mol. The molecule has 0 saturated heterocycles. The summed E-state index contributed by atoms with van der Waals surface area (Å²) < 4.78 is 0. The van der Waals surface area contributed by atoms with Gasteiger partial charge in [0, 0.05) is 47.8 Å². The number of unbranched alkanes of at least 4 members (excludes halogenated alkanes) is 2. The number of aromatic nitrogens is 1. The second kappa shape index (κ2) is 13.5. The van der Waals surface area contributed by atoms with Gasteiger partial charge in [-0.3, -0.25) is 24.3 Å². The SMILES string of the molecule is CCN(CC)CCCC(C)N(C(=O)CCCCCN1C(=O)C=CC1=O)c1ccnc2cc(Cl)ccc12. The molecule has 0 saturated carbocycles. The summed E-state index contributed by atoms with van der Waals surface area (Å²) >= 11 is 6.19. The number of imide groups is 1. The van der Waals surface area contributed by atoms with E-state index in [0.717, 1.165) is 55.5 Å². The molecule has 1 aromatic carbocycles. The van der Waals surface area contributed by atoms with Crippen molar-refractivity contribution in [3.8, 4) is 0 Å². The van der Waals surface area contributed by atoms with Crippen molar-refractivity contribution < 1.29 is 14.4 Å². The van der Waals surface area contributed by atoms with Gasteiger partial charge in [-0.15, -0.1) is 0 Å². The highest BCUT2D eigenvalue weighted by molar-refractivity contribution is 6.31. The van der Waals surface area contributed by atoms with E-state index in [1.54, 1.807) is 6.20 Å². The van der Waals surface area contributed by atoms with Gasteiger partial charge in [-0.05, 0) is 76.5 Å². The van der Waals surface area contributed by atoms with Crippen LogP contribution < -0.4 is 4.90 Å². The molecule has 0 radical (unpaired) electrons. The van der Waals surface area contributed by atoms with Crippen molar-refractivity contribution in [2.75, 3.05) is 31.1 Å². The minimum atomic E-state index is -0.259. The van der Waals surface area contributed by atoms with Crippen LogP contribution in [0.3, 0.4) is 0 Å². The lowest BCUT2D eigenvalue weighted by molar-refractivity contribution is -0.136. The van der Waals surface area contributed by atoms with Crippen LogP contribution in [-0.4, -0.2) is 64.7 Å². The monoisotopic (exact) mass is 512 g/mol. The molecule has 194 valence electrons. The van der Waals surface area contributed by atoms with E-state index in [-0.39, 0.29) is 23.8 Å². The highest BCUT2D eigenvalue weighted by atomic mass is 35.5. The van der Waals surface area contributed by atoms with Crippen LogP contribution in [0.2, 0.25) is 5.02 Å². The second-order valence-electron chi connectivity index (χ2n) is 9.25. The van der Waals surface area contributed by atoms with Gasteiger partial charge in [0.15, 0.2) is 0 Å². The molecule has 1 aliphatic rings. The van der Waals surface area contributed by atoms with Crippen molar-refractivity contribution in [3.63, 3.8) is 0 Å². The summed E-state index contributed by atoms with van der Waals surface area (Å²) in [7, 11) is 0. The summed E-state index contributed by atoms with van der Waals surface area (Å²) in [5.74, 6) is -0.446. The molecule has 1 aromatic heterocycles. The summed E-state index contributed by atoms with van der Waals surface area (Å²) in [6.45, 7) is 9.89. The van der Waals surface area contributed by atoms with Crippen LogP contribution in [0.1, 0.15) is 59.3 Å².